The zero-order valence-corrected chi connectivity index (χ0v) is 15.0. The molecule has 124 valence electrons. The van der Waals surface area contributed by atoms with E-state index in [-0.39, 0.29) is 16.6 Å². The summed E-state index contributed by atoms with van der Waals surface area (Å²) < 4.78 is 0. The van der Waals surface area contributed by atoms with Crippen molar-refractivity contribution in [3.05, 3.63) is 34.7 Å². The summed E-state index contributed by atoms with van der Waals surface area (Å²) in [5.41, 5.74) is 0.179. The molecule has 10 heteroatoms. The molecule has 0 unspecified atom stereocenters. The van der Waals surface area contributed by atoms with Crippen molar-refractivity contribution in [1.82, 2.24) is 25.3 Å². The summed E-state index contributed by atoms with van der Waals surface area (Å²) in [5.74, 6) is 0.420. The van der Waals surface area contributed by atoms with E-state index in [9.17, 15) is 4.79 Å². The second kappa shape index (κ2) is 7.73. The number of amides is 1. The lowest BCUT2D eigenvalue weighted by atomic mass is 10.3. The number of hydrogen-bond donors (Lipinski definition) is 2. The van der Waals surface area contributed by atoms with Crippen LogP contribution in [0.3, 0.4) is 0 Å². The average molecular weight is 381 g/mol. The van der Waals surface area contributed by atoms with Crippen molar-refractivity contribution in [3.8, 4) is 0 Å². The Hall–Kier alpha value is -1.97. The summed E-state index contributed by atoms with van der Waals surface area (Å²) in [7, 11) is 0. The number of nitrogens with zero attached hydrogens (tertiary/aromatic N) is 4. The summed E-state index contributed by atoms with van der Waals surface area (Å²) in [5, 5.41) is 9.63. The van der Waals surface area contributed by atoms with Crippen LogP contribution in [-0.2, 0) is 0 Å². The highest BCUT2D eigenvalue weighted by Crippen LogP contribution is 2.23. The molecule has 3 aromatic heterocycles. The highest BCUT2D eigenvalue weighted by atomic mass is 35.5. The number of carbonyl (C=O) groups is 1. The molecule has 2 N–H and O–H groups in total. The molecule has 0 radical (unpaired) electrons. The fourth-order valence-corrected chi connectivity index (χ4v) is 3.23. The van der Waals surface area contributed by atoms with Crippen molar-refractivity contribution in [2.45, 2.75) is 5.16 Å². The molecule has 0 spiro atoms. The lowest BCUT2D eigenvalue weighted by Crippen LogP contribution is -2.30. The van der Waals surface area contributed by atoms with Crippen molar-refractivity contribution in [2.75, 3.05) is 24.7 Å². The van der Waals surface area contributed by atoms with Gasteiger partial charge in [0, 0.05) is 13.1 Å². The van der Waals surface area contributed by atoms with Crippen LogP contribution in [-0.4, -0.2) is 45.2 Å². The zero-order chi connectivity index (χ0) is 16.9. The molecule has 0 aliphatic heterocycles. The number of fused-ring (bicyclic) bond motifs is 1. The molecule has 0 aromatic carbocycles. The third-order valence-electron chi connectivity index (χ3n) is 3.08. The maximum Gasteiger partial charge on any atom is 0.271 e. The fourth-order valence-electron chi connectivity index (χ4n) is 1.98. The van der Waals surface area contributed by atoms with Crippen LogP contribution in [0.25, 0.3) is 10.2 Å². The molecule has 3 rings (SSSR count). The topological polar surface area (TPSA) is 92.7 Å². The zero-order valence-electron chi connectivity index (χ0n) is 12.6. The number of aromatic nitrogens is 4. The largest absolute Gasteiger partial charge is 0.368 e. The molecule has 0 fully saturated rings. The molecule has 24 heavy (non-hydrogen) atoms. The number of carbonyl (C=O) groups excluding carboxylic acids is 1. The second-order valence-electron chi connectivity index (χ2n) is 4.60. The van der Waals surface area contributed by atoms with Gasteiger partial charge in [0.25, 0.3) is 5.91 Å². The lowest BCUT2D eigenvalue weighted by molar-refractivity contribution is 0.0949. The number of nitrogens with one attached hydrogen (secondary N) is 2. The van der Waals surface area contributed by atoms with Crippen molar-refractivity contribution in [1.29, 1.82) is 0 Å². The van der Waals surface area contributed by atoms with E-state index in [1.165, 1.54) is 24.3 Å². The van der Waals surface area contributed by atoms with Gasteiger partial charge in [0.15, 0.2) is 10.9 Å². The summed E-state index contributed by atoms with van der Waals surface area (Å²) >= 11 is 8.89. The van der Waals surface area contributed by atoms with E-state index < -0.39 is 0 Å². The molecular weight excluding hydrogens is 368 g/mol. The van der Waals surface area contributed by atoms with Crippen LogP contribution in [0.1, 0.15) is 10.5 Å². The third-order valence-corrected chi connectivity index (χ3v) is 4.74. The Bertz CT molecular complexity index is 871. The Morgan fingerprint density at radius 3 is 3.04 bits per heavy atom. The third kappa shape index (κ3) is 3.74. The maximum atomic E-state index is 12.2. The van der Waals surface area contributed by atoms with Gasteiger partial charge in [-0.1, -0.05) is 23.4 Å². The first-order chi connectivity index (χ1) is 11.7. The first-order valence-corrected chi connectivity index (χ1v) is 9.44. The molecule has 0 saturated carbocycles. The van der Waals surface area contributed by atoms with E-state index in [0.29, 0.717) is 18.2 Å². The van der Waals surface area contributed by atoms with Crippen LogP contribution in [0.15, 0.2) is 29.1 Å². The van der Waals surface area contributed by atoms with E-state index in [2.05, 4.69) is 30.6 Å². The maximum absolute atomic E-state index is 12.2. The second-order valence-corrected chi connectivity index (χ2v) is 6.67. The fraction of sp³-hybridized carbons (Fsp3) is 0.214. The van der Waals surface area contributed by atoms with Crippen LogP contribution >= 0.6 is 34.7 Å². The summed E-state index contributed by atoms with van der Waals surface area (Å²) in [6, 6.07) is 1.96. The van der Waals surface area contributed by atoms with E-state index >= 15 is 0 Å². The Morgan fingerprint density at radius 1 is 1.33 bits per heavy atom. The Labute approximate surface area is 151 Å². The summed E-state index contributed by atoms with van der Waals surface area (Å²) in [6.07, 6.45) is 4.79. The van der Waals surface area contributed by atoms with Gasteiger partial charge in [-0.15, -0.1) is 11.3 Å². The van der Waals surface area contributed by atoms with Gasteiger partial charge in [-0.05, 0) is 17.7 Å². The SMILES string of the molecule is CSc1ncc(Cl)c(C(=O)NCCNc2ncnc3sccc23)n1. The summed E-state index contributed by atoms with van der Waals surface area (Å²) in [6.45, 7) is 0.926. The average Bonchev–Trinajstić information content (AvgIpc) is 3.08. The molecule has 0 bridgehead atoms. The van der Waals surface area contributed by atoms with Gasteiger partial charge < -0.3 is 10.6 Å². The van der Waals surface area contributed by atoms with E-state index in [1.807, 2.05) is 17.7 Å². The van der Waals surface area contributed by atoms with Gasteiger partial charge in [0.1, 0.15) is 17.0 Å². The first kappa shape index (κ1) is 16.9. The van der Waals surface area contributed by atoms with E-state index in [0.717, 1.165) is 16.0 Å². The van der Waals surface area contributed by atoms with Crippen LogP contribution in [0.2, 0.25) is 5.02 Å². The number of anilines is 1. The Morgan fingerprint density at radius 2 is 2.21 bits per heavy atom. The van der Waals surface area contributed by atoms with Gasteiger partial charge in [-0.3, -0.25) is 4.79 Å². The van der Waals surface area contributed by atoms with E-state index in [4.69, 9.17) is 11.6 Å². The molecular formula is C14H13ClN6OS2. The molecule has 1 amide bonds. The molecule has 0 saturated heterocycles. The van der Waals surface area contributed by atoms with Gasteiger partial charge in [-0.25, -0.2) is 19.9 Å². The van der Waals surface area contributed by atoms with E-state index in [1.54, 1.807) is 11.3 Å². The minimum atomic E-state index is -0.331. The van der Waals surface area contributed by atoms with Crippen molar-refractivity contribution < 1.29 is 4.79 Å². The normalized spacial score (nSPS) is 10.8. The molecule has 3 heterocycles. The highest BCUT2D eigenvalue weighted by molar-refractivity contribution is 7.98. The molecule has 0 atom stereocenters. The van der Waals surface area contributed by atoms with Gasteiger partial charge in [-0.2, -0.15) is 0 Å². The van der Waals surface area contributed by atoms with Crippen LogP contribution < -0.4 is 10.6 Å². The van der Waals surface area contributed by atoms with Crippen molar-refractivity contribution in [3.63, 3.8) is 0 Å². The van der Waals surface area contributed by atoms with Crippen LogP contribution in [0.5, 0.6) is 0 Å². The Balaban J connectivity index is 1.57. The highest BCUT2D eigenvalue weighted by Gasteiger charge is 2.13. The van der Waals surface area contributed by atoms with Crippen LogP contribution in [0.4, 0.5) is 5.82 Å². The predicted molar refractivity (Wildman–Crippen MR) is 97.1 cm³/mol. The number of rotatable bonds is 6. The Kier molecular flexibility index (Phi) is 5.44. The minimum Gasteiger partial charge on any atom is -0.368 e. The molecule has 0 aliphatic rings. The predicted octanol–water partition coefficient (Wildman–Crippen LogP) is 2.70. The van der Waals surface area contributed by atoms with Crippen molar-refractivity contribution >= 4 is 56.6 Å². The number of halogens is 1. The first-order valence-electron chi connectivity index (χ1n) is 6.96. The van der Waals surface area contributed by atoms with Gasteiger partial charge >= 0.3 is 0 Å². The standard InChI is InChI=1S/C14H13ClN6OS2/c1-23-14-18-6-9(15)10(21-14)12(22)17-4-3-16-11-8-2-5-24-13(8)20-7-19-11/h2,5-7H,3-4H2,1H3,(H,17,22)(H,16,19,20). The molecule has 7 nitrogen and oxygen atoms in total. The van der Waals surface area contributed by atoms with Crippen LogP contribution in [0, 0.1) is 0 Å². The quantitative estimate of drug-likeness (QED) is 0.386. The number of thioether (sulfide) groups is 1. The van der Waals surface area contributed by atoms with Crippen molar-refractivity contribution in [2.24, 2.45) is 0 Å². The smallest absolute Gasteiger partial charge is 0.271 e. The minimum absolute atomic E-state index is 0.179. The lowest BCUT2D eigenvalue weighted by Gasteiger charge is -2.08. The van der Waals surface area contributed by atoms with Gasteiger partial charge in [0.05, 0.1) is 16.6 Å². The monoisotopic (exact) mass is 380 g/mol. The summed E-state index contributed by atoms with van der Waals surface area (Å²) in [4.78, 5) is 29.6. The number of thiophene rings is 1. The number of hydrogen-bond acceptors (Lipinski definition) is 8. The molecule has 0 aliphatic carbocycles. The molecule has 3 aromatic rings. The van der Waals surface area contributed by atoms with Gasteiger partial charge in [0.2, 0.25) is 0 Å².